The van der Waals surface area contributed by atoms with Gasteiger partial charge in [-0.2, -0.15) is 0 Å². The molecule has 3 heteroatoms. The number of carbonyl (C=O) groups is 2. The zero-order chi connectivity index (χ0) is 10.1. The lowest BCUT2D eigenvalue weighted by Gasteiger charge is -2.09. The minimum Gasteiger partial charge on any atom is -0.463 e. The molecular formula is C10H16O3. The van der Waals surface area contributed by atoms with Gasteiger partial charge in [0, 0.05) is 6.92 Å². The van der Waals surface area contributed by atoms with Crippen molar-refractivity contribution in [2.24, 2.45) is 0 Å². The molecule has 0 rings (SSSR count). The molecule has 0 aromatic rings. The van der Waals surface area contributed by atoms with Gasteiger partial charge >= 0.3 is 5.97 Å². The van der Waals surface area contributed by atoms with Gasteiger partial charge in [0.15, 0.2) is 0 Å². The topological polar surface area (TPSA) is 43.4 Å². The van der Waals surface area contributed by atoms with E-state index in [0.29, 0.717) is 0 Å². The molecule has 0 bridgehead atoms. The summed E-state index contributed by atoms with van der Waals surface area (Å²) in [6, 6.07) is 0. The summed E-state index contributed by atoms with van der Waals surface area (Å²) in [6.45, 7) is 3.27. The Morgan fingerprint density at radius 2 is 2.23 bits per heavy atom. The predicted molar refractivity (Wildman–Crippen MR) is 50.3 cm³/mol. The fourth-order valence-corrected chi connectivity index (χ4v) is 1.02. The maximum Gasteiger partial charge on any atom is 0.302 e. The highest BCUT2D eigenvalue weighted by molar-refractivity contribution is 5.66. The smallest absolute Gasteiger partial charge is 0.302 e. The number of ether oxygens (including phenoxy) is 1. The van der Waals surface area contributed by atoms with Crippen molar-refractivity contribution in [3.8, 4) is 0 Å². The Morgan fingerprint density at radius 1 is 1.54 bits per heavy atom. The molecule has 3 nitrogen and oxygen atoms in total. The first kappa shape index (κ1) is 11.9. The number of hydrogen-bond donors (Lipinski definition) is 0. The lowest BCUT2D eigenvalue weighted by atomic mass is 10.1. The van der Waals surface area contributed by atoms with Crippen molar-refractivity contribution in [3.05, 3.63) is 12.2 Å². The number of esters is 1. The minimum absolute atomic E-state index is 0.0258. The molecular weight excluding hydrogens is 168 g/mol. The molecule has 0 radical (unpaired) electrons. The van der Waals surface area contributed by atoms with Gasteiger partial charge in [-0.3, -0.25) is 9.59 Å². The van der Waals surface area contributed by atoms with E-state index in [4.69, 9.17) is 4.74 Å². The molecule has 0 heterocycles. The van der Waals surface area contributed by atoms with Crippen LogP contribution in [0.25, 0.3) is 0 Å². The van der Waals surface area contributed by atoms with Gasteiger partial charge in [0.05, 0.1) is 6.10 Å². The molecule has 0 fully saturated rings. The van der Waals surface area contributed by atoms with E-state index < -0.39 is 0 Å². The standard InChI is InChI=1S/C10H16O3/c1-9(13-10(2)12)7-5-3-4-6-8-11/h4,6,8-9H,3,5,7H2,1-2H3. The third kappa shape index (κ3) is 8.79. The molecule has 0 aliphatic rings. The van der Waals surface area contributed by atoms with Crippen molar-refractivity contribution in [3.63, 3.8) is 0 Å². The minimum atomic E-state index is -0.240. The zero-order valence-corrected chi connectivity index (χ0v) is 8.16. The number of unbranched alkanes of at least 4 members (excludes halogenated alkanes) is 1. The van der Waals surface area contributed by atoms with Crippen LogP contribution < -0.4 is 0 Å². The highest BCUT2D eigenvalue weighted by Crippen LogP contribution is 2.04. The van der Waals surface area contributed by atoms with E-state index in [1.54, 1.807) is 0 Å². The highest BCUT2D eigenvalue weighted by atomic mass is 16.5. The van der Waals surface area contributed by atoms with Crippen molar-refractivity contribution in [2.75, 3.05) is 0 Å². The number of allylic oxidation sites excluding steroid dienone is 2. The molecule has 0 spiro atoms. The fourth-order valence-electron chi connectivity index (χ4n) is 1.02. The predicted octanol–water partition coefficient (Wildman–Crippen LogP) is 1.86. The molecule has 74 valence electrons. The van der Waals surface area contributed by atoms with Gasteiger partial charge in [-0.1, -0.05) is 6.08 Å². The Morgan fingerprint density at radius 3 is 2.77 bits per heavy atom. The van der Waals surface area contributed by atoms with E-state index in [-0.39, 0.29) is 12.1 Å². The Bertz CT molecular complexity index is 185. The second-order valence-electron chi connectivity index (χ2n) is 2.92. The van der Waals surface area contributed by atoms with Gasteiger partial charge < -0.3 is 4.74 Å². The first-order valence-corrected chi connectivity index (χ1v) is 4.44. The zero-order valence-electron chi connectivity index (χ0n) is 8.16. The summed E-state index contributed by atoms with van der Waals surface area (Å²) in [5.74, 6) is -0.240. The lowest BCUT2D eigenvalue weighted by molar-refractivity contribution is -0.145. The third-order valence-electron chi connectivity index (χ3n) is 1.56. The van der Waals surface area contributed by atoms with Crippen LogP contribution in [-0.2, 0) is 14.3 Å². The second-order valence-corrected chi connectivity index (χ2v) is 2.92. The van der Waals surface area contributed by atoms with Gasteiger partial charge in [-0.15, -0.1) is 0 Å². The normalized spacial score (nSPS) is 12.8. The van der Waals surface area contributed by atoms with Crippen LogP contribution in [0.1, 0.15) is 33.1 Å². The Hall–Kier alpha value is -1.12. The summed E-state index contributed by atoms with van der Waals surface area (Å²) in [5.41, 5.74) is 0. The van der Waals surface area contributed by atoms with E-state index in [1.807, 2.05) is 13.0 Å². The number of aldehydes is 1. The number of carbonyl (C=O) groups excluding carboxylic acids is 2. The molecule has 0 aliphatic carbocycles. The summed E-state index contributed by atoms with van der Waals surface area (Å²) < 4.78 is 4.92. The van der Waals surface area contributed by atoms with Crippen LogP contribution in [0.2, 0.25) is 0 Å². The van der Waals surface area contributed by atoms with Crippen LogP contribution in [0, 0.1) is 0 Å². The van der Waals surface area contributed by atoms with E-state index in [0.717, 1.165) is 25.5 Å². The maximum absolute atomic E-state index is 10.5. The molecule has 0 amide bonds. The van der Waals surface area contributed by atoms with Crippen LogP contribution in [0.5, 0.6) is 0 Å². The number of hydrogen-bond acceptors (Lipinski definition) is 3. The summed E-state index contributed by atoms with van der Waals surface area (Å²) in [6.07, 6.45) is 6.65. The lowest BCUT2D eigenvalue weighted by Crippen LogP contribution is -2.11. The SMILES string of the molecule is CC(=O)OC(C)CCCC=CC=O. The largest absolute Gasteiger partial charge is 0.463 e. The third-order valence-corrected chi connectivity index (χ3v) is 1.56. The fraction of sp³-hybridized carbons (Fsp3) is 0.600. The van der Waals surface area contributed by atoms with E-state index >= 15 is 0 Å². The summed E-state index contributed by atoms with van der Waals surface area (Å²) in [4.78, 5) is 20.4. The van der Waals surface area contributed by atoms with Crippen molar-refractivity contribution in [1.29, 1.82) is 0 Å². The summed E-state index contributed by atoms with van der Waals surface area (Å²) in [5, 5.41) is 0. The Labute approximate surface area is 78.8 Å². The molecule has 0 aromatic carbocycles. The summed E-state index contributed by atoms with van der Waals surface area (Å²) >= 11 is 0. The van der Waals surface area contributed by atoms with E-state index in [2.05, 4.69) is 0 Å². The Balaban J connectivity index is 3.36. The van der Waals surface area contributed by atoms with Crippen LogP contribution in [0.4, 0.5) is 0 Å². The molecule has 1 atom stereocenters. The van der Waals surface area contributed by atoms with Crippen molar-refractivity contribution < 1.29 is 14.3 Å². The number of rotatable bonds is 6. The molecule has 1 unspecified atom stereocenters. The van der Waals surface area contributed by atoms with Gasteiger partial charge in [0.2, 0.25) is 0 Å². The molecule has 0 aromatic heterocycles. The molecule has 0 saturated carbocycles. The van der Waals surface area contributed by atoms with Gasteiger partial charge in [-0.05, 0) is 32.3 Å². The van der Waals surface area contributed by atoms with E-state index in [9.17, 15) is 9.59 Å². The molecule has 0 saturated heterocycles. The van der Waals surface area contributed by atoms with Crippen molar-refractivity contribution in [2.45, 2.75) is 39.2 Å². The van der Waals surface area contributed by atoms with Crippen molar-refractivity contribution >= 4 is 12.3 Å². The van der Waals surface area contributed by atoms with Gasteiger partial charge in [-0.25, -0.2) is 0 Å². The van der Waals surface area contributed by atoms with Crippen LogP contribution in [-0.4, -0.2) is 18.4 Å². The monoisotopic (exact) mass is 184 g/mol. The van der Waals surface area contributed by atoms with E-state index in [1.165, 1.54) is 13.0 Å². The van der Waals surface area contributed by atoms with Gasteiger partial charge in [0.1, 0.15) is 6.29 Å². The molecule has 0 aliphatic heterocycles. The van der Waals surface area contributed by atoms with Crippen LogP contribution in [0.3, 0.4) is 0 Å². The summed E-state index contributed by atoms with van der Waals surface area (Å²) in [7, 11) is 0. The maximum atomic E-state index is 10.5. The Kier molecular flexibility index (Phi) is 6.88. The van der Waals surface area contributed by atoms with Crippen molar-refractivity contribution in [1.82, 2.24) is 0 Å². The average Bonchev–Trinajstić information content (AvgIpc) is 2.02. The van der Waals surface area contributed by atoms with Crippen LogP contribution >= 0.6 is 0 Å². The average molecular weight is 184 g/mol. The molecule has 0 N–H and O–H groups in total. The molecule has 13 heavy (non-hydrogen) atoms. The first-order chi connectivity index (χ1) is 6.16. The first-order valence-electron chi connectivity index (χ1n) is 4.44. The van der Waals surface area contributed by atoms with Gasteiger partial charge in [0.25, 0.3) is 0 Å². The second kappa shape index (κ2) is 7.53. The highest BCUT2D eigenvalue weighted by Gasteiger charge is 2.03. The van der Waals surface area contributed by atoms with Crippen LogP contribution in [0.15, 0.2) is 12.2 Å². The quantitative estimate of drug-likeness (QED) is 0.274.